The molecule has 0 unspecified atom stereocenters. The van der Waals surface area contributed by atoms with Crippen molar-refractivity contribution in [3.05, 3.63) is 115 Å². The molecule has 0 bridgehead atoms. The second-order valence-corrected chi connectivity index (χ2v) is 10.8. The summed E-state index contributed by atoms with van der Waals surface area (Å²) in [5.74, 6) is 0. The number of hydrogen-bond donors (Lipinski definition) is 1. The molecule has 0 aliphatic carbocycles. The molecule has 0 amide bonds. The van der Waals surface area contributed by atoms with Crippen molar-refractivity contribution in [3.8, 4) is 11.1 Å². The predicted octanol–water partition coefficient (Wildman–Crippen LogP) is 5.96. The number of benzene rings is 4. The average molecular weight is 422 g/mol. The van der Waals surface area contributed by atoms with Crippen LogP contribution in [0.25, 0.3) is 11.1 Å². The zero-order valence-corrected chi connectivity index (χ0v) is 18.1. The van der Waals surface area contributed by atoms with Gasteiger partial charge in [0.05, 0.1) is 0 Å². The fourth-order valence-corrected chi connectivity index (χ4v) is 8.79. The Balaban J connectivity index is 0.00000225. The largest absolute Gasteiger partial charge is 0.147 e. The summed E-state index contributed by atoms with van der Waals surface area (Å²) in [4.78, 5) is 0. The first kappa shape index (κ1) is 20.7. The number of halogens is 1. The molecule has 0 aliphatic rings. The van der Waals surface area contributed by atoms with Crippen molar-refractivity contribution in [3.63, 3.8) is 0 Å². The van der Waals surface area contributed by atoms with Crippen LogP contribution in [-0.2, 0) is 0 Å². The summed E-state index contributed by atoms with van der Waals surface area (Å²) in [5, 5.41) is 4.13. The van der Waals surface area contributed by atoms with Crippen LogP contribution >= 0.6 is 32.3 Å². The minimum Gasteiger partial charge on any atom is -0.147 e. The third-order valence-electron chi connectivity index (χ3n) is 5.01. The van der Waals surface area contributed by atoms with E-state index >= 15 is 0 Å². The van der Waals surface area contributed by atoms with Gasteiger partial charge in [-0.25, -0.2) is 0 Å². The Morgan fingerprint density at radius 2 is 0.964 bits per heavy atom. The summed E-state index contributed by atoms with van der Waals surface area (Å²) in [6.07, 6.45) is 0. The highest BCUT2D eigenvalue weighted by Crippen LogP contribution is 2.57. The third-order valence-corrected chi connectivity index (χ3v) is 10.3. The van der Waals surface area contributed by atoms with Gasteiger partial charge in [0.1, 0.15) is 28.7 Å². The number of thiol groups is 1. The van der Waals surface area contributed by atoms with Gasteiger partial charge in [-0.1, -0.05) is 84.9 Å². The van der Waals surface area contributed by atoms with Gasteiger partial charge >= 0.3 is 0 Å². The normalized spacial score (nSPS) is 10.9. The van der Waals surface area contributed by atoms with Gasteiger partial charge in [0.25, 0.3) is 0 Å². The van der Waals surface area contributed by atoms with Crippen LogP contribution in [0.4, 0.5) is 0 Å². The lowest BCUT2D eigenvalue weighted by atomic mass is 10.1. The SMILES string of the molecule is Cl.SC[P+](c1ccccc1)(c1ccccc1)c1ccccc1-c1ccccc1. The van der Waals surface area contributed by atoms with Crippen molar-refractivity contribution in [1.82, 2.24) is 0 Å². The number of rotatable bonds is 5. The van der Waals surface area contributed by atoms with Crippen LogP contribution in [0.3, 0.4) is 0 Å². The van der Waals surface area contributed by atoms with Crippen molar-refractivity contribution in [1.29, 1.82) is 0 Å². The zero-order chi connectivity index (χ0) is 18.5. The van der Waals surface area contributed by atoms with Gasteiger partial charge in [0.15, 0.2) is 0 Å². The van der Waals surface area contributed by atoms with Gasteiger partial charge < -0.3 is 0 Å². The first-order chi connectivity index (χ1) is 13.4. The molecule has 0 radical (unpaired) electrons. The van der Waals surface area contributed by atoms with Crippen LogP contribution in [0.2, 0.25) is 0 Å². The van der Waals surface area contributed by atoms with Crippen LogP contribution in [0.15, 0.2) is 115 Å². The molecule has 4 rings (SSSR count). The maximum absolute atomic E-state index is 4.94. The van der Waals surface area contributed by atoms with Gasteiger partial charge in [-0.3, -0.25) is 0 Å². The van der Waals surface area contributed by atoms with Gasteiger partial charge in [-0.05, 0) is 35.9 Å². The summed E-state index contributed by atoms with van der Waals surface area (Å²) < 4.78 is 0. The molecule has 0 saturated heterocycles. The Bertz CT molecular complexity index is 965. The molecule has 0 atom stereocenters. The Morgan fingerprint density at radius 1 is 0.536 bits per heavy atom. The zero-order valence-electron chi connectivity index (χ0n) is 15.5. The quantitative estimate of drug-likeness (QED) is 0.298. The second kappa shape index (κ2) is 9.43. The highest BCUT2D eigenvalue weighted by molar-refractivity contribution is 8.05. The fraction of sp³-hybridized carbons (Fsp3) is 0.0400. The lowest BCUT2D eigenvalue weighted by Crippen LogP contribution is -2.33. The van der Waals surface area contributed by atoms with Gasteiger partial charge in [0, 0.05) is 5.56 Å². The summed E-state index contributed by atoms with van der Waals surface area (Å²) in [5.41, 5.74) is 3.35. The van der Waals surface area contributed by atoms with Crippen molar-refractivity contribution < 1.29 is 0 Å². The van der Waals surface area contributed by atoms with Crippen LogP contribution in [-0.4, -0.2) is 5.49 Å². The molecule has 0 fully saturated rings. The van der Waals surface area contributed by atoms with E-state index in [1.165, 1.54) is 27.0 Å². The van der Waals surface area contributed by atoms with Crippen LogP contribution in [0, 0.1) is 0 Å². The van der Waals surface area contributed by atoms with E-state index in [4.69, 9.17) is 12.6 Å². The molecule has 0 saturated carbocycles. The molecule has 0 heterocycles. The highest BCUT2D eigenvalue weighted by Gasteiger charge is 2.45. The Labute approximate surface area is 179 Å². The van der Waals surface area contributed by atoms with Crippen molar-refractivity contribution >= 4 is 48.2 Å². The highest BCUT2D eigenvalue weighted by atomic mass is 35.5. The lowest BCUT2D eigenvalue weighted by Gasteiger charge is -2.27. The van der Waals surface area contributed by atoms with E-state index in [0.717, 1.165) is 5.49 Å². The second-order valence-electron chi connectivity index (χ2n) is 6.51. The molecule has 3 heteroatoms. The van der Waals surface area contributed by atoms with Crippen LogP contribution < -0.4 is 15.9 Å². The number of hydrogen-bond acceptors (Lipinski definition) is 1. The van der Waals surface area contributed by atoms with E-state index in [2.05, 4.69) is 115 Å². The predicted molar refractivity (Wildman–Crippen MR) is 132 cm³/mol. The third kappa shape index (κ3) is 3.76. The maximum atomic E-state index is 4.94. The molecule has 4 aromatic rings. The minimum atomic E-state index is -1.87. The average Bonchev–Trinajstić information content (AvgIpc) is 2.77. The van der Waals surface area contributed by atoms with E-state index < -0.39 is 7.26 Å². The molecular formula is C25H23ClPS+. The van der Waals surface area contributed by atoms with Crippen molar-refractivity contribution in [2.45, 2.75) is 0 Å². The van der Waals surface area contributed by atoms with E-state index in [1.807, 2.05) is 0 Å². The monoisotopic (exact) mass is 421 g/mol. The Kier molecular flexibility index (Phi) is 6.97. The van der Waals surface area contributed by atoms with Crippen molar-refractivity contribution in [2.75, 3.05) is 5.49 Å². The molecule has 0 N–H and O–H groups in total. The molecule has 4 aromatic carbocycles. The van der Waals surface area contributed by atoms with E-state index in [0.29, 0.717) is 0 Å². The van der Waals surface area contributed by atoms with Gasteiger partial charge in [-0.15, -0.1) is 25.0 Å². The topological polar surface area (TPSA) is 0 Å². The minimum absolute atomic E-state index is 0. The van der Waals surface area contributed by atoms with Gasteiger partial charge in [0.2, 0.25) is 0 Å². The molecule has 0 aliphatic heterocycles. The van der Waals surface area contributed by atoms with E-state index in [1.54, 1.807) is 0 Å². The lowest BCUT2D eigenvalue weighted by molar-refractivity contribution is 1.64. The summed E-state index contributed by atoms with van der Waals surface area (Å²) >= 11 is 4.94. The Hall–Kier alpha value is -2.05. The maximum Gasteiger partial charge on any atom is 0.122 e. The first-order valence-electron chi connectivity index (χ1n) is 9.11. The van der Waals surface area contributed by atoms with Crippen molar-refractivity contribution in [2.24, 2.45) is 0 Å². The molecule has 0 nitrogen and oxygen atoms in total. The molecule has 140 valence electrons. The smallest absolute Gasteiger partial charge is 0.122 e. The molecule has 28 heavy (non-hydrogen) atoms. The summed E-state index contributed by atoms with van der Waals surface area (Å²) in [7, 11) is -1.87. The Morgan fingerprint density at radius 3 is 1.46 bits per heavy atom. The standard InChI is InChI=1S/C25H21PS.ClH/c27-20-26(22-14-6-2-7-15-22,23-16-8-3-9-17-23)25-19-11-10-18-24(25)21-12-4-1-5-13-21;/h1-19H,20H2;1H/p+1. The molecular weight excluding hydrogens is 399 g/mol. The van der Waals surface area contributed by atoms with Gasteiger partial charge in [-0.2, -0.15) is 0 Å². The van der Waals surface area contributed by atoms with E-state index in [9.17, 15) is 0 Å². The van der Waals surface area contributed by atoms with E-state index in [-0.39, 0.29) is 12.4 Å². The van der Waals surface area contributed by atoms with Crippen LogP contribution in [0.5, 0.6) is 0 Å². The summed E-state index contributed by atoms with van der Waals surface area (Å²) in [6.45, 7) is 0. The molecule has 0 spiro atoms. The molecule has 0 aromatic heterocycles. The first-order valence-corrected chi connectivity index (χ1v) is 11.7. The fourth-order valence-electron chi connectivity index (χ4n) is 3.70. The van der Waals surface area contributed by atoms with Crippen LogP contribution in [0.1, 0.15) is 0 Å². The summed E-state index contributed by atoms with van der Waals surface area (Å²) in [6, 6.07) is 41.3.